The van der Waals surface area contributed by atoms with E-state index in [1.54, 1.807) is 7.05 Å². The topological polar surface area (TPSA) is 95.3 Å². The molecule has 3 N–H and O–H groups in total. The Morgan fingerprint density at radius 2 is 2.39 bits per heavy atom. The van der Waals surface area contributed by atoms with Crippen LogP contribution >= 0.6 is 0 Å². The van der Waals surface area contributed by atoms with Gasteiger partial charge in [0.25, 0.3) is 0 Å². The summed E-state index contributed by atoms with van der Waals surface area (Å²) in [7, 11) is 0.0462. The van der Waals surface area contributed by atoms with E-state index >= 15 is 0 Å². The minimum Gasteiger partial charge on any atom is -0.383 e. The Hall–Kier alpha value is -1.12. The van der Waals surface area contributed by atoms with Crippen molar-refractivity contribution in [1.29, 1.82) is 0 Å². The van der Waals surface area contributed by atoms with Crippen LogP contribution in [0.5, 0.6) is 0 Å². The molecule has 1 aromatic rings. The van der Waals surface area contributed by atoms with E-state index in [0.29, 0.717) is 6.54 Å². The van der Waals surface area contributed by atoms with Crippen LogP contribution in [0.1, 0.15) is 12.8 Å². The first-order valence-electron chi connectivity index (χ1n) is 5.88. The number of nitrogens with two attached hydrogens (primary N) is 1. The molecule has 0 aromatic carbocycles. The van der Waals surface area contributed by atoms with Crippen LogP contribution in [0.3, 0.4) is 0 Å². The molecular weight excluding hydrogens is 254 g/mol. The van der Waals surface area contributed by atoms with Crippen molar-refractivity contribution in [2.75, 3.05) is 32.9 Å². The maximum absolute atomic E-state index is 12.3. The molecule has 2 rings (SSSR count). The summed E-state index contributed by atoms with van der Waals surface area (Å²) >= 11 is 0. The number of hydrogen-bond acceptors (Lipinski definition) is 5. The fourth-order valence-electron chi connectivity index (χ4n) is 2.26. The van der Waals surface area contributed by atoms with E-state index in [-0.39, 0.29) is 16.8 Å². The van der Waals surface area contributed by atoms with E-state index in [9.17, 15) is 8.42 Å². The van der Waals surface area contributed by atoms with Gasteiger partial charge in [0.1, 0.15) is 10.7 Å². The Morgan fingerprint density at radius 1 is 1.67 bits per heavy atom. The molecule has 0 radical (unpaired) electrons. The van der Waals surface area contributed by atoms with Gasteiger partial charge in [0.2, 0.25) is 10.0 Å². The number of nitrogens with zero attached hydrogens (tertiary/aromatic N) is 3. The highest BCUT2D eigenvalue weighted by Gasteiger charge is 2.29. The average molecular weight is 273 g/mol. The summed E-state index contributed by atoms with van der Waals surface area (Å²) in [6, 6.07) is 0.276. The molecule has 18 heavy (non-hydrogen) atoms. The molecule has 1 aliphatic heterocycles. The van der Waals surface area contributed by atoms with Crippen molar-refractivity contribution >= 4 is 15.8 Å². The monoisotopic (exact) mass is 273 g/mol. The van der Waals surface area contributed by atoms with Crippen molar-refractivity contribution in [3.63, 3.8) is 0 Å². The first kappa shape index (κ1) is 13.3. The van der Waals surface area contributed by atoms with E-state index < -0.39 is 10.0 Å². The van der Waals surface area contributed by atoms with Crippen LogP contribution in [-0.2, 0) is 10.0 Å². The largest absolute Gasteiger partial charge is 0.383 e. The summed E-state index contributed by atoms with van der Waals surface area (Å²) in [5.74, 6) is 0.0848. The van der Waals surface area contributed by atoms with Crippen molar-refractivity contribution in [2.24, 2.45) is 0 Å². The highest BCUT2D eigenvalue weighted by atomic mass is 32.2. The number of nitrogen functional groups attached to an aromatic ring is 1. The summed E-state index contributed by atoms with van der Waals surface area (Å²) in [5.41, 5.74) is 5.57. The van der Waals surface area contributed by atoms with Crippen LogP contribution in [0.2, 0.25) is 0 Å². The third-order valence-corrected chi connectivity index (χ3v) is 5.31. The molecule has 2 heterocycles. The molecule has 1 fully saturated rings. The predicted octanol–water partition coefficient (Wildman–Crippen LogP) is -0.293. The lowest BCUT2D eigenvalue weighted by atomic mass is 10.2. The molecule has 0 bridgehead atoms. The summed E-state index contributed by atoms with van der Waals surface area (Å²) in [5, 5.41) is 6.09. The Balaban J connectivity index is 2.13. The highest BCUT2D eigenvalue weighted by Crippen LogP contribution is 2.21. The van der Waals surface area contributed by atoms with E-state index in [4.69, 9.17) is 5.73 Å². The van der Waals surface area contributed by atoms with Crippen molar-refractivity contribution in [2.45, 2.75) is 23.8 Å². The number of rotatable bonds is 4. The maximum Gasteiger partial charge on any atom is 0.248 e. The fourth-order valence-corrected chi connectivity index (χ4v) is 3.48. The second-order valence-electron chi connectivity index (χ2n) is 4.71. The number of likely N-dealkylation sites (N-methyl/N-ethyl adjacent to an activating group) is 2. The van der Waals surface area contributed by atoms with E-state index in [0.717, 1.165) is 19.4 Å². The lowest BCUT2D eigenvalue weighted by Gasteiger charge is -2.25. The van der Waals surface area contributed by atoms with Crippen molar-refractivity contribution in [3.8, 4) is 0 Å². The van der Waals surface area contributed by atoms with Gasteiger partial charge < -0.3 is 10.6 Å². The van der Waals surface area contributed by atoms with E-state index in [2.05, 4.69) is 15.1 Å². The quantitative estimate of drug-likeness (QED) is 0.785. The molecule has 7 nitrogen and oxygen atoms in total. The smallest absolute Gasteiger partial charge is 0.248 e. The zero-order valence-corrected chi connectivity index (χ0v) is 11.4. The third kappa shape index (κ3) is 2.36. The van der Waals surface area contributed by atoms with Crippen molar-refractivity contribution in [3.05, 3.63) is 6.20 Å². The molecule has 1 aromatic heterocycles. The Morgan fingerprint density at radius 3 is 2.89 bits per heavy atom. The van der Waals surface area contributed by atoms with E-state index in [1.165, 1.54) is 10.5 Å². The molecule has 0 saturated carbocycles. The van der Waals surface area contributed by atoms with Gasteiger partial charge in [-0.3, -0.25) is 5.10 Å². The van der Waals surface area contributed by atoms with Gasteiger partial charge in [-0.25, -0.2) is 8.42 Å². The van der Waals surface area contributed by atoms with Gasteiger partial charge in [-0.1, -0.05) is 0 Å². The average Bonchev–Trinajstić information content (AvgIpc) is 2.88. The van der Waals surface area contributed by atoms with Gasteiger partial charge in [0, 0.05) is 19.6 Å². The number of nitrogens with one attached hydrogen (secondary N) is 1. The summed E-state index contributed by atoms with van der Waals surface area (Å²) < 4.78 is 25.9. The van der Waals surface area contributed by atoms with Gasteiger partial charge in [0.05, 0.1) is 6.20 Å². The molecule has 0 aliphatic carbocycles. The first-order valence-corrected chi connectivity index (χ1v) is 7.32. The standard InChI is InChI=1S/C10H19N5O2S/c1-14-5-3-4-8(14)7-15(2)18(16,17)9-6-12-13-10(9)11/h6,8H,3-5,7H2,1-2H3,(H3,11,12,13). The minimum atomic E-state index is -3.55. The number of likely N-dealkylation sites (tertiary alicyclic amines) is 1. The van der Waals surface area contributed by atoms with Crippen molar-refractivity contribution in [1.82, 2.24) is 19.4 Å². The van der Waals surface area contributed by atoms with Gasteiger partial charge in [0.15, 0.2) is 0 Å². The Bertz CT molecular complexity index is 512. The molecule has 8 heteroatoms. The normalized spacial score (nSPS) is 21.8. The number of aromatic amines is 1. The molecule has 0 amide bonds. The highest BCUT2D eigenvalue weighted by molar-refractivity contribution is 7.89. The van der Waals surface area contributed by atoms with Gasteiger partial charge in [-0.2, -0.15) is 9.40 Å². The number of hydrogen-bond donors (Lipinski definition) is 2. The summed E-state index contributed by atoms with van der Waals surface area (Å²) in [6.45, 7) is 1.50. The SMILES string of the molecule is CN1CCCC1CN(C)S(=O)(=O)c1cn[nH]c1N. The first-order chi connectivity index (χ1) is 8.43. The second kappa shape index (κ2) is 4.87. The Kier molecular flexibility index (Phi) is 3.60. The van der Waals surface area contributed by atoms with Gasteiger partial charge in [-0.05, 0) is 26.4 Å². The van der Waals surface area contributed by atoms with Gasteiger partial charge in [-0.15, -0.1) is 0 Å². The summed E-state index contributed by atoms with van der Waals surface area (Å²) in [4.78, 5) is 2.23. The number of sulfonamides is 1. The lowest BCUT2D eigenvalue weighted by molar-refractivity contribution is 0.271. The van der Waals surface area contributed by atoms with Gasteiger partial charge >= 0.3 is 0 Å². The molecule has 1 unspecified atom stereocenters. The second-order valence-corrected chi connectivity index (χ2v) is 6.72. The minimum absolute atomic E-state index is 0.0469. The zero-order chi connectivity index (χ0) is 13.3. The molecule has 1 saturated heterocycles. The van der Waals surface area contributed by atoms with Crippen LogP contribution in [0.15, 0.2) is 11.1 Å². The summed E-state index contributed by atoms with van der Waals surface area (Å²) in [6.07, 6.45) is 3.39. The van der Waals surface area contributed by atoms with E-state index in [1.807, 2.05) is 7.05 Å². The molecule has 1 atom stereocenters. The molecule has 0 spiro atoms. The molecular formula is C10H19N5O2S. The Labute approximate surface area is 107 Å². The van der Waals surface area contributed by atoms with Crippen LogP contribution in [0.4, 0.5) is 5.82 Å². The predicted molar refractivity (Wildman–Crippen MR) is 68.5 cm³/mol. The van der Waals surface area contributed by atoms with Crippen LogP contribution in [-0.4, -0.2) is 61.0 Å². The maximum atomic E-state index is 12.3. The third-order valence-electron chi connectivity index (χ3n) is 3.46. The zero-order valence-electron chi connectivity index (χ0n) is 10.6. The molecule has 1 aliphatic rings. The molecule has 102 valence electrons. The van der Waals surface area contributed by atoms with Crippen LogP contribution < -0.4 is 5.73 Å². The fraction of sp³-hybridized carbons (Fsp3) is 0.700. The van der Waals surface area contributed by atoms with Crippen molar-refractivity contribution < 1.29 is 8.42 Å². The number of aromatic nitrogens is 2. The van der Waals surface area contributed by atoms with Crippen LogP contribution in [0, 0.1) is 0 Å². The number of anilines is 1. The number of H-pyrrole nitrogens is 1. The lowest BCUT2D eigenvalue weighted by Crippen LogP contribution is -2.39. The van der Waals surface area contributed by atoms with Crippen LogP contribution in [0.25, 0.3) is 0 Å².